The number of hydrogen-bond donors (Lipinski definition) is 2. The number of carbonyl (C=O) groups is 4. The van der Waals surface area contributed by atoms with Crippen LogP contribution in [0.2, 0.25) is 5.02 Å². The third-order valence-corrected chi connectivity index (χ3v) is 9.97. The molecule has 4 aromatic rings. The number of benzene rings is 2. The molecule has 2 N–H and O–H groups in total. The number of aromatic nitrogens is 4. The summed E-state index contributed by atoms with van der Waals surface area (Å²) in [6.07, 6.45) is 4.48. The van der Waals surface area contributed by atoms with Crippen molar-refractivity contribution in [2.45, 2.75) is 33.2 Å². The van der Waals surface area contributed by atoms with Crippen LogP contribution >= 0.6 is 11.6 Å². The van der Waals surface area contributed by atoms with Crippen LogP contribution in [-0.4, -0.2) is 123 Å². The maximum absolute atomic E-state index is 15.4. The first-order chi connectivity index (χ1) is 25.8. The fraction of sp³-hybridized carbons (Fsp3) is 0.421. The summed E-state index contributed by atoms with van der Waals surface area (Å²) in [5.74, 6) is -2.29. The first-order valence-corrected chi connectivity index (χ1v) is 18.1. The Bertz CT molecular complexity index is 2010. The van der Waals surface area contributed by atoms with Crippen LogP contribution < -0.4 is 5.32 Å². The van der Waals surface area contributed by atoms with E-state index in [2.05, 4.69) is 15.4 Å². The molecule has 1 saturated heterocycles. The van der Waals surface area contributed by atoms with Crippen molar-refractivity contribution in [3.8, 4) is 22.4 Å². The van der Waals surface area contributed by atoms with Crippen molar-refractivity contribution < 1.29 is 33.4 Å². The van der Waals surface area contributed by atoms with Gasteiger partial charge in [0, 0.05) is 74.8 Å². The molecule has 288 valence electrons. The molecular formula is C38H46ClFN8O6. The third kappa shape index (κ3) is 9.32. The summed E-state index contributed by atoms with van der Waals surface area (Å²) in [6.45, 7) is 6.63. The average molecular weight is 765 g/mol. The lowest BCUT2D eigenvalue weighted by atomic mass is 9.99. The number of methoxy groups -OCH3 is 1. The van der Waals surface area contributed by atoms with E-state index >= 15 is 4.39 Å². The third-order valence-electron chi connectivity index (χ3n) is 9.66. The number of amides is 3. The van der Waals surface area contributed by atoms with Gasteiger partial charge in [0.25, 0.3) is 11.8 Å². The highest BCUT2D eigenvalue weighted by atomic mass is 35.5. The Morgan fingerprint density at radius 1 is 1.07 bits per heavy atom. The van der Waals surface area contributed by atoms with Gasteiger partial charge in [-0.15, -0.1) is 0 Å². The van der Waals surface area contributed by atoms with E-state index in [1.54, 1.807) is 75.6 Å². The minimum absolute atomic E-state index is 0.00452. The second-order valence-corrected chi connectivity index (χ2v) is 13.8. The molecule has 0 unspecified atom stereocenters. The lowest BCUT2D eigenvalue weighted by molar-refractivity contribution is -0.138. The van der Waals surface area contributed by atoms with Crippen molar-refractivity contribution in [1.29, 1.82) is 0 Å². The van der Waals surface area contributed by atoms with Crippen LogP contribution in [0.25, 0.3) is 22.4 Å². The van der Waals surface area contributed by atoms with Gasteiger partial charge in [0.1, 0.15) is 5.82 Å². The summed E-state index contributed by atoms with van der Waals surface area (Å²) in [4.78, 5) is 60.2. The van der Waals surface area contributed by atoms with E-state index in [-0.39, 0.29) is 40.7 Å². The molecule has 1 fully saturated rings. The number of carbonyl (C=O) groups excluding carboxylic acids is 3. The number of nitrogens with zero attached hydrogens (tertiary/aromatic N) is 7. The number of ether oxygens (including phenoxy) is 1. The van der Waals surface area contributed by atoms with Gasteiger partial charge in [-0.2, -0.15) is 5.10 Å². The van der Waals surface area contributed by atoms with E-state index in [0.29, 0.717) is 92.5 Å². The number of hydrogen-bond acceptors (Lipinski definition) is 8. The van der Waals surface area contributed by atoms with Gasteiger partial charge in [0.2, 0.25) is 5.91 Å². The fourth-order valence-corrected chi connectivity index (χ4v) is 6.82. The number of imidazole rings is 1. The predicted octanol–water partition coefficient (Wildman–Crippen LogP) is 4.67. The SMILES string of the molecule is CC[C@@H](CCN(C)CC(=O)O)C(=O)N1CCN(C(=O)c2ccc(NC(=O)c3ncc(-c4ccc(-c5cn(CCOC)nc5C)c(F)c4)n3C)cc2Cl)CC1. The Labute approximate surface area is 318 Å². The van der Waals surface area contributed by atoms with Crippen LogP contribution in [0.4, 0.5) is 10.1 Å². The molecule has 16 heteroatoms. The van der Waals surface area contributed by atoms with Crippen LogP contribution in [0.1, 0.15) is 46.4 Å². The highest BCUT2D eigenvalue weighted by Gasteiger charge is 2.29. The monoisotopic (exact) mass is 764 g/mol. The zero-order chi connectivity index (χ0) is 39.1. The van der Waals surface area contributed by atoms with Gasteiger partial charge in [0.05, 0.1) is 47.9 Å². The van der Waals surface area contributed by atoms with E-state index in [9.17, 15) is 19.2 Å². The normalized spacial score (nSPS) is 13.7. The molecule has 0 spiro atoms. The lowest BCUT2D eigenvalue weighted by Crippen LogP contribution is -2.52. The van der Waals surface area contributed by atoms with Crippen molar-refractivity contribution in [2.24, 2.45) is 13.0 Å². The molecule has 0 bridgehead atoms. The summed E-state index contributed by atoms with van der Waals surface area (Å²) in [5.41, 5.74) is 3.48. The minimum atomic E-state index is -0.913. The summed E-state index contributed by atoms with van der Waals surface area (Å²) >= 11 is 6.55. The summed E-state index contributed by atoms with van der Waals surface area (Å²) in [6, 6.07) is 9.49. The molecular weight excluding hydrogens is 719 g/mol. The Kier molecular flexibility index (Phi) is 13.2. The number of nitrogens with one attached hydrogen (secondary N) is 1. The molecule has 54 heavy (non-hydrogen) atoms. The second kappa shape index (κ2) is 17.8. The first kappa shape index (κ1) is 40.1. The topological polar surface area (TPSA) is 155 Å². The molecule has 0 radical (unpaired) electrons. The van der Waals surface area contributed by atoms with Gasteiger partial charge in [-0.25, -0.2) is 9.37 Å². The van der Waals surface area contributed by atoms with Gasteiger partial charge in [-0.3, -0.25) is 28.8 Å². The standard InChI is InChI=1S/C38H46ClFN8O6/c1-6-25(11-12-44(3)23-34(49)50)37(52)46-13-15-47(16-14-46)38(53)29-10-8-27(20-31(29)39)42-36(51)35-41-21-33(45(35)4)26-7-9-28(32(40)19-26)30-22-48(17-18-54-5)43-24(30)2/h7-10,19-22,25H,6,11-18,23H2,1-5H3,(H,42,51)(H,49,50)/t25-/m0/s1. The Hall–Kier alpha value is -5.12. The van der Waals surface area contributed by atoms with Gasteiger partial charge >= 0.3 is 5.97 Å². The molecule has 1 atom stereocenters. The molecule has 0 aliphatic carbocycles. The Balaban J connectivity index is 1.18. The number of aryl methyl sites for hydroxylation is 1. The Morgan fingerprint density at radius 2 is 1.80 bits per heavy atom. The quantitative estimate of drug-likeness (QED) is 0.176. The zero-order valence-corrected chi connectivity index (χ0v) is 31.9. The second-order valence-electron chi connectivity index (χ2n) is 13.4. The highest BCUT2D eigenvalue weighted by Crippen LogP contribution is 2.30. The van der Waals surface area contributed by atoms with E-state index < -0.39 is 17.7 Å². The van der Waals surface area contributed by atoms with Crippen molar-refractivity contribution in [3.05, 3.63) is 76.7 Å². The van der Waals surface area contributed by atoms with Crippen molar-refractivity contribution >= 4 is 41.0 Å². The molecule has 2 aromatic heterocycles. The van der Waals surface area contributed by atoms with Crippen LogP contribution in [0.15, 0.2) is 48.8 Å². The van der Waals surface area contributed by atoms with Gasteiger partial charge < -0.3 is 29.5 Å². The van der Waals surface area contributed by atoms with Crippen molar-refractivity contribution in [3.63, 3.8) is 0 Å². The molecule has 3 amide bonds. The van der Waals surface area contributed by atoms with Gasteiger partial charge in [-0.1, -0.05) is 30.7 Å². The molecule has 0 saturated carbocycles. The van der Waals surface area contributed by atoms with Crippen LogP contribution in [0.3, 0.4) is 0 Å². The summed E-state index contributed by atoms with van der Waals surface area (Å²) < 4.78 is 23.8. The largest absolute Gasteiger partial charge is 0.480 e. The number of anilines is 1. The maximum Gasteiger partial charge on any atom is 0.317 e. The predicted molar refractivity (Wildman–Crippen MR) is 202 cm³/mol. The smallest absolute Gasteiger partial charge is 0.317 e. The minimum Gasteiger partial charge on any atom is -0.480 e. The fourth-order valence-electron chi connectivity index (χ4n) is 6.56. The number of halogens is 2. The van der Waals surface area contributed by atoms with Crippen molar-refractivity contribution in [1.82, 2.24) is 34.0 Å². The Morgan fingerprint density at radius 3 is 2.44 bits per heavy atom. The van der Waals surface area contributed by atoms with E-state index in [1.807, 2.05) is 13.8 Å². The zero-order valence-electron chi connectivity index (χ0n) is 31.1. The molecule has 1 aliphatic rings. The summed E-state index contributed by atoms with van der Waals surface area (Å²) in [7, 11) is 4.99. The van der Waals surface area contributed by atoms with Gasteiger partial charge in [-0.05, 0) is 57.6 Å². The number of carboxylic acid groups (broad SMARTS) is 1. The molecule has 2 aromatic carbocycles. The molecule has 1 aliphatic heterocycles. The molecule has 14 nitrogen and oxygen atoms in total. The van der Waals surface area contributed by atoms with Gasteiger partial charge in [0.15, 0.2) is 5.82 Å². The van der Waals surface area contributed by atoms with E-state index in [0.717, 1.165) is 0 Å². The number of rotatable bonds is 15. The first-order valence-electron chi connectivity index (χ1n) is 17.8. The van der Waals surface area contributed by atoms with Crippen molar-refractivity contribution in [2.75, 3.05) is 65.3 Å². The molecule has 3 heterocycles. The van der Waals surface area contributed by atoms with Crippen LogP contribution in [-0.2, 0) is 27.9 Å². The molecule has 5 rings (SSSR count). The van der Waals surface area contributed by atoms with Crippen LogP contribution in [0, 0.1) is 18.7 Å². The maximum atomic E-state index is 15.4. The lowest BCUT2D eigenvalue weighted by Gasteiger charge is -2.36. The number of carboxylic acids is 1. The summed E-state index contributed by atoms with van der Waals surface area (Å²) in [5, 5.41) is 16.4. The number of piperazine rings is 1. The highest BCUT2D eigenvalue weighted by molar-refractivity contribution is 6.34. The average Bonchev–Trinajstić information content (AvgIpc) is 3.71. The van der Waals surface area contributed by atoms with E-state index in [1.165, 1.54) is 18.3 Å². The van der Waals surface area contributed by atoms with Crippen LogP contribution in [0.5, 0.6) is 0 Å². The number of likely N-dealkylation sites (N-methyl/N-ethyl adjacent to an activating group) is 1. The number of aliphatic carboxylic acids is 1. The van der Waals surface area contributed by atoms with E-state index in [4.69, 9.17) is 21.4 Å².